The van der Waals surface area contributed by atoms with Gasteiger partial charge in [-0.05, 0) is 36.8 Å². The number of fused-ring (bicyclic) bond motifs is 2. The van der Waals surface area contributed by atoms with E-state index in [9.17, 15) is 13.6 Å². The van der Waals surface area contributed by atoms with Gasteiger partial charge in [0.05, 0.1) is 12.2 Å². The normalized spacial score (nSPS) is 24.3. The predicted octanol–water partition coefficient (Wildman–Crippen LogP) is 3.79. The molecule has 1 aromatic carbocycles. The van der Waals surface area contributed by atoms with Gasteiger partial charge in [0.1, 0.15) is 28.7 Å². The summed E-state index contributed by atoms with van der Waals surface area (Å²) in [6.45, 7) is 1.27. The summed E-state index contributed by atoms with van der Waals surface area (Å²) in [7, 11) is 0. The van der Waals surface area contributed by atoms with Crippen LogP contribution in [0.5, 0.6) is 0 Å². The van der Waals surface area contributed by atoms with E-state index in [4.69, 9.17) is 4.74 Å². The fourth-order valence-corrected chi connectivity index (χ4v) is 5.85. The highest BCUT2D eigenvalue weighted by Crippen LogP contribution is 2.48. The number of hydrogen-bond donors (Lipinski definition) is 0. The van der Waals surface area contributed by atoms with E-state index in [0.29, 0.717) is 44.3 Å². The van der Waals surface area contributed by atoms with Crippen molar-refractivity contribution in [2.45, 2.75) is 48.6 Å². The molecule has 33 heavy (non-hydrogen) atoms. The molecule has 0 radical (unpaired) electrons. The summed E-state index contributed by atoms with van der Waals surface area (Å²) in [4.78, 5) is 22.1. The maximum Gasteiger partial charge on any atom is 0.257 e. The van der Waals surface area contributed by atoms with Crippen LogP contribution in [0, 0.1) is 11.6 Å². The van der Waals surface area contributed by atoms with E-state index >= 15 is 0 Å². The van der Waals surface area contributed by atoms with E-state index in [-0.39, 0.29) is 18.2 Å². The summed E-state index contributed by atoms with van der Waals surface area (Å²) >= 11 is 1.58. The Hall–Kier alpha value is -2.72. The van der Waals surface area contributed by atoms with Crippen LogP contribution in [0.25, 0.3) is 5.65 Å². The zero-order chi connectivity index (χ0) is 22.7. The second-order valence-electron chi connectivity index (χ2n) is 8.82. The van der Waals surface area contributed by atoms with Gasteiger partial charge in [-0.15, -0.1) is 11.8 Å². The summed E-state index contributed by atoms with van der Waals surface area (Å²) in [6.07, 6.45) is 5.76. The number of anilines is 1. The first-order chi connectivity index (χ1) is 16.0. The second-order valence-corrected chi connectivity index (χ2v) is 9.65. The molecule has 0 N–H and O–H groups in total. The Morgan fingerprint density at radius 2 is 1.88 bits per heavy atom. The standard InChI is InChI=1S/C23H23F2N5O2S/c1-33-19-13-20(30-18(27-19)4-7-26-30)28-8-5-23(6-9-28)22(31)29-17(2-3-21(29)32-23)14-10-15(24)12-16(25)11-14/h4,7,10-13,17,21H,2-3,5-6,8-9H2,1H3/t17-,21+/m0/s1. The monoisotopic (exact) mass is 471 g/mol. The fraction of sp³-hybridized carbons (Fsp3) is 0.435. The molecule has 3 aliphatic heterocycles. The summed E-state index contributed by atoms with van der Waals surface area (Å²) in [5.41, 5.74) is 0.393. The number of piperidine rings is 1. The van der Waals surface area contributed by atoms with Crippen LogP contribution in [-0.4, -0.2) is 56.6 Å². The maximum atomic E-state index is 13.8. The third kappa shape index (κ3) is 3.30. The second kappa shape index (κ2) is 7.66. The minimum atomic E-state index is -0.885. The van der Waals surface area contributed by atoms with Crippen molar-refractivity contribution >= 4 is 29.1 Å². The lowest BCUT2D eigenvalue weighted by molar-refractivity contribution is -0.140. The number of rotatable bonds is 3. The number of benzene rings is 1. The smallest absolute Gasteiger partial charge is 0.257 e. The van der Waals surface area contributed by atoms with Crippen molar-refractivity contribution in [3.05, 3.63) is 53.7 Å². The van der Waals surface area contributed by atoms with Crippen LogP contribution >= 0.6 is 11.8 Å². The van der Waals surface area contributed by atoms with E-state index < -0.39 is 17.2 Å². The number of amides is 1. The van der Waals surface area contributed by atoms with Gasteiger partial charge in [0.25, 0.3) is 5.91 Å². The van der Waals surface area contributed by atoms with Crippen LogP contribution in [0.4, 0.5) is 14.6 Å². The molecule has 3 saturated heterocycles. The highest BCUT2D eigenvalue weighted by molar-refractivity contribution is 7.98. The molecule has 2 atom stereocenters. The Bertz CT molecular complexity index is 1220. The van der Waals surface area contributed by atoms with Crippen LogP contribution < -0.4 is 4.90 Å². The molecule has 10 heteroatoms. The molecule has 0 aliphatic carbocycles. The number of carbonyl (C=O) groups is 1. The van der Waals surface area contributed by atoms with Crippen molar-refractivity contribution in [2.24, 2.45) is 0 Å². The molecule has 3 aromatic rings. The van der Waals surface area contributed by atoms with Crippen molar-refractivity contribution in [1.82, 2.24) is 19.5 Å². The molecule has 6 rings (SSSR count). The van der Waals surface area contributed by atoms with E-state index in [1.54, 1.807) is 22.9 Å². The Kier molecular flexibility index (Phi) is 4.84. The van der Waals surface area contributed by atoms with Crippen molar-refractivity contribution in [3.8, 4) is 0 Å². The minimum Gasteiger partial charge on any atom is -0.356 e. The number of thioether (sulfide) groups is 1. The largest absolute Gasteiger partial charge is 0.356 e. The Morgan fingerprint density at radius 3 is 2.61 bits per heavy atom. The zero-order valence-electron chi connectivity index (χ0n) is 18.1. The van der Waals surface area contributed by atoms with Gasteiger partial charge in [-0.25, -0.2) is 13.8 Å². The predicted molar refractivity (Wildman–Crippen MR) is 119 cm³/mol. The average molecular weight is 472 g/mol. The molecule has 7 nitrogen and oxygen atoms in total. The highest BCUT2D eigenvalue weighted by Gasteiger charge is 2.58. The molecular formula is C23H23F2N5O2S. The van der Waals surface area contributed by atoms with Gasteiger partial charge in [-0.3, -0.25) is 4.79 Å². The van der Waals surface area contributed by atoms with Crippen LogP contribution in [0.15, 0.2) is 41.6 Å². The summed E-state index contributed by atoms with van der Waals surface area (Å²) in [5, 5.41) is 5.33. The number of halogens is 2. The van der Waals surface area contributed by atoms with Gasteiger partial charge in [-0.2, -0.15) is 9.61 Å². The molecule has 5 heterocycles. The lowest BCUT2D eigenvalue weighted by Crippen LogP contribution is -2.50. The lowest BCUT2D eigenvalue weighted by atomic mass is 9.89. The number of ether oxygens (including phenoxy) is 1. The third-order valence-corrected chi connectivity index (χ3v) is 7.64. The molecule has 1 spiro atoms. The van der Waals surface area contributed by atoms with Crippen LogP contribution in [0.1, 0.15) is 37.3 Å². The molecular weight excluding hydrogens is 448 g/mol. The van der Waals surface area contributed by atoms with E-state index in [1.807, 2.05) is 22.9 Å². The van der Waals surface area contributed by atoms with Gasteiger partial charge in [-0.1, -0.05) is 0 Å². The molecule has 0 saturated carbocycles. The quantitative estimate of drug-likeness (QED) is 0.428. The summed E-state index contributed by atoms with van der Waals surface area (Å²) in [5.74, 6) is -0.377. The van der Waals surface area contributed by atoms with Crippen LogP contribution in [0.3, 0.4) is 0 Å². The third-order valence-electron chi connectivity index (χ3n) is 7.01. The molecule has 0 unspecified atom stereocenters. The van der Waals surface area contributed by atoms with Gasteiger partial charge < -0.3 is 14.5 Å². The highest BCUT2D eigenvalue weighted by atomic mass is 32.2. The van der Waals surface area contributed by atoms with Crippen LogP contribution in [-0.2, 0) is 9.53 Å². The molecule has 172 valence electrons. The summed E-state index contributed by atoms with van der Waals surface area (Å²) in [6, 6.07) is 7.03. The average Bonchev–Trinajstić information content (AvgIpc) is 3.50. The van der Waals surface area contributed by atoms with E-state index in [2.05, 4.69) is 15.0 Å². The minimum absolute atomic E-state index is 0.0666. The van der Waals surface area contributed by atoms with Gasteiger partial charge in [0, 0.05) is 44.1 Å². The van der Waals surface area contributed by atoms with Crippen molar-refractivity contribution in [1.29, 1.82) is 0 Å². The summed E-state index contributed by atoms with van der Waals surface area (Å²) < 4.78 is 35.8. The van der Waals surface area contributed by atoms with E-state index in [0.717, 1.165) is 22.6 Å². The van der Waals surface area contributed by atoms with Crippen LogP contribution in [0.2, 0.25) is 0 Å². The van der Waals surface area contributed by atoms with Gasteiger partial charge in [0.15, 0.2) is 11.2 Å². The van der Waals surface area contributed by atoms with E-state index in [1.165, 1.54) is 12.1 Å². The molecule has 1 amide bonds. The number of carbonyl (C=O) groups excluding carboxylic acids is 1. The Balaban J connectivity index is 1.24. The van der Waals surface area contributed by atoms with Crippen molar-refractivity contribution in [2.75, 3.05) is 24.2 Å². The van der Waals surface area contributed by atoms with Crippen molar-refractivity contribution < 1.29 is 18.3 Å². The van der Waals surface area contributed by atoms with Gasteiger partial charge >= 0.3 is 0 Å². The first-order valence-corrected chi connectivity index (χ1v) is 12.3. The topological polar surface area (TPSA) is 63.0 Å². The number of hydrogen-bond acceptors (Lipinski definition) is 6. The Morgan fingerprint density at radius 1 is 1.12 bits per heavy atom. The first kappa shape index (κ1) is 20.9. The Labute approximate surface area is 193 Å². The zero-order valence-corrected chi connectivity index (χ0v) is 18.9. The first-order valence-electron chi connectivity index (χ1n) is 11.1. The molecule has 3 fully saturated rings. The SMILES string of the molecule is CSc1cc(N2CCC3(CC2)O[C@@H]2CC[C@@H](c4cc(F)cc(F)c4)N2C3=O)n2nccc2n1. The fourth-order valence-electron chi connectivity index (χ4n) is 5.44. The molecule has 3 aliphatic rings. The lowest BCUT2D eigenvalue weighted by Gasteiger charge is -2.38. The number of nitrogens with zero attached hydrogens (tertiary/aromatic N) is 5. The molecule has 0 bridgehead atoms. The maximum absolute atomic E-state index is 13.8. The van der Waals surface area contributed by atoms with Gasteiger partial charge in [0.2, 0.25) is 0 Å². The molecule has 2 aromatic heterocycles. The number of aromatic nitrogens is 3. The van der Waals surface area contributed by atoms with Crippen molar-refractivity contribution in [3.63, 3.8) is 0 Å².